The number of piperazine rings is 1. The van der Waals surface area contributed by atoms with Crippen LogP contribution >= 0.6 is 0 Å². The molecule has 1 saturated heterocycles. The second-order valence-electron chi connectivity index (χ2n) is 9.47. The number of nitrogens with zero attached hydrogens (tertiary/aromatic N) is 4. The standard InChI is InChI=1S/C29H30F3N5O4S/c1-4-6-20-7-5-8-26(27(20)33-2)42(39,40)35-24-10-9-21(17-25(24)41-3)28(38)37-15-13-36(14-16-37)19-22-18-34-12-11-23(22)29(30,31)32/h4-12,17-18,35H,2,13-16,19H2,1,3H3/b6-4-. The first kappa shape index (κ1) is 30.7. The van der Waals surface area contributed by atoms with Crippen LogP contribution in [-0.4, -0.2) is 69.1 Å². The molecular weight excluding hydrogens is 571 g/mol. The smallest absolute Gasteiger partial charge is 0.416 e. The summed E-state index contributed by atoms with van der Waals surface area (Å²) >= 11 is 0. The summed E-state index contributed by atoms with van der Waals surface area (Å²) in [5, 5.41) is 0. The molecule has 13 heteroatoms. The van der Waals surface area contributed by atoms with E-state index in [9.17, 15) is 26.4 Å². The molecule has 222 valence electrons. The highest BCUT2D eigenvalue weighted by molar-refractivity contribution is 7.92. The SMILES string of the molecule is C=Nc1c(/C=C\C)cccc1S(=O)(=O)Nc1ccc(C(=O)N2CCN(Cc3cnccc3C(F)(F)F)CC2)cc1OC. The number of sulfonamides is 1. The number of rotatable bonds is 9. The van der Waals surface area contributed by atoms with Crippen molar-refractivity contribution >= 4 is 40.1 Å². The summed E-state index contributed by atoms with van der Waals surface area (Å²) in [6.45, 7) is 6.73. The van der Waals surface area contributed by atoms with Gasteiger partial charge in [0.25, 0.3) is 15.9 Å². The van der Waals surface area contributed by atoms with Crippen molar-refractivity contribution in [2.45, 2.75) is 24.5 Å². The molecule has 1 aliphatic rings. The molecule has 2 aromatic carbocycles. The minimum absolute atomic E-state index is 0.0636. The molecule has 3 aromatic rings. The number of anilines is 1. The number of benzene rings is 2. The van der Waals surface area contributed by atoms with Gasteiger partial charge in [-0.25, -0.2) is 8.42 Å². The summed E-state index contributed by atoms with van der Waals surface area (Å²) in [7, 11) is -2.74. The lowest BCUT2D eigenvalue weighted by Gasteiger charge is -2.35. The van der Waals surface area contributed by atoms with E-state index < -0.39 is 21.8 Å². The Morgan fingerprint density at radius 3 is 2.55 bits per heavy atom. The number of amides is 1. The molecule has 1 amide bonds. The van der Waals surface area contributed by atoms with E-state index in [4.69, 9.17) is 4.74 Å². The number of hydrogen-bond donors (Lipinski definition) is 1. The van der Waals surface area contributed by atoms with E-state index in [1.165, 1.54) is 37.6 Å². The van der Waals surface area contributed by atoms with Crippen molar-refractivity contribution in [2.24, 2.45) is 4.99 Å². The largest absolute Gasteiger partial charge is 0.495 e. The van der Waals surface area contributed by atoms with Crippen LogP contribution in [0.15, 0.2) is 70.8 Å². The summed E-state index contributed by atoms with van der Waals surface area (Å²) in [5.41, 5.74) is 0.551. The number of carbonyl (C=O) groups is 1. The van der Waals surface area contributed by atoms with Crippen molar-refractivity contribution in [3.8, 4) is 5.75 Å². The fourth-order valence-corrected chi connectivity index (χ4v) is 5.97. The van der Waals surface area contributed by atoms with Crippen molar-refractivity contribution in [1.82, 2.24) is 14.8 Å². The van der Waals surface area contributed by atoms with Gasteiger partial charge in [0.2, 0.25) is 0 Å². The first-order valence-electron chi connectivity index (χ1n) is 12.9. The normalized spacial score (nSPS) is 14.6. The number of para-hydroxylation sites is 1. The van der Waals surface area contributed by atoms with Gasteiger partial charge in [0.15, 0.2) is 0 Å². The highest BCUT2D eigenvalue weighted by atomic mass is 32.2. The Bertz CT molecular complexity index is 1600. The molecule has 0 radical (unpaired) electrons. The van der Waals surface area contributed by atoms with Gasteiger partial charge < -0.3 is 9.64 Å². The van der Waals surface area contributed by atoms with Crippen LogP contribution in [0.4, 0.5) is 24.5 Å². The summed E-state index contributed by atoms with van der Waals surface area (Å²) < 4.78 is 74.5. The molecule has 0 spiro atoms. The number of pyridine rings is 1. The summed E-state index contributed by atoms with van der Waals surface area (Å²) in [6, 6.07) is 10.1. The maximum Gasteiger partial charge on any atom is 0.416 e. The molecule has 4 rings (SSSR count). The Morgan fingerprint density at radius 1 is 1.17 bits per heavy atom. The topological polar surface area (TPSA) is 104 Å². The Labute approximate surface area is 242 Å². The van der Waals surface area contributed by atoms with Crippen LogP contribution < -0.4 is 9.46 Å². The second kappa shape index (κ2) is 12.7. The third-order valence-electron chi connectivity index (χ3n) is 6.78. The van der Waals surface area contributed by atoms with E-state index in [1.54, 1.807) is 36.1 Å². The fraction of sp³-hybridized carbons (Fsp3) is 0.276. The van der Waals surface area contributed by atoms with Gasteiger partial charge >= 0.3 is 6.18 Å². The molecule has 0 unspecified atom stereocenters. The fourth-order valence-electron chi connectivity index (χ4n) is 4.71. The molecule has 0 aliphatic carbocycles. The molecule has 42 heavy (non-hydrogen) atoms. The maximum absolute atomic E-state index is 13.3. The monoisotopic (exact) mass is 601 g/mol. The van der Waals surface area contributed by atoms with Crippen LogP contribution in [-0.2, 0) is 22.7 Å². The van der Waals surface area contributed by atoms with E-state index in [-0.39, 0.29) is 45.6 Å². The number of aromatic nitrogens is 1. The zero-order valence-corrected chi connectivity index (χ0v) is 23.9. The third kappa shape index (κ3) is 6.80. The zero-order chi connectivity index (χ0) is 30.5. The van der Waals surface area contributed by atoms with Gasteiger partial charge in [-0.2, -0.15) is 13.2 Å². The van der Waals surface area contributed by atoms with Gasteiger partial charge in [0.05, 0.1) is 24.0 Å². The van der Waals surface area contributed by atoms with E-state index in [1.807, 2.05) is 4.90 Å². The average Bonchev–Trinajstić information content (AvgIpc) is 2.97. The van der Waals surface area contributed by atoms with Gasteiger partial charge in [0.1, 0.15) is 10.6 Å². The van der Waals surface area contributed by atoms with Gasteiger partial charge in [-0.3, -0.25) is 24.4 Å². The lowest BCUT2D eigenvalue weighted by atomic mass is 10.1. The first-order chi connectivity index (χ1) is 20.0. The van der Waals surface area contributed by atoms with Crippen molar-refractivity contribution < 1.29 is 31.1 Å². The third-order valence-corrected chi connectivity index (χ3v) is 8.18. The molecule has 1 aromatic heterocycles. The molecule has 1 N–H and O–H groups in total. The van der Waals surface area contributed by atoms with Crippen LogP contribution in [0.1, 0.15) is 34.0 Å². The quantitative estimate of drug-likeness (QED) is 0.337. The van der Waals surface area contributed by atoms with E-state index in [0.29, 0.717) is 31.7 Å². The minimum atomic E-state index is -4.48. The predicted molar refractivity (Wildman–Crippen MR) is 155 cm³/mol. The van der Waals surface area contributed by atoms with Crippen LogP contribution in [0.3, 0.4) is 0 Å². The summed E-state index contributed by atoms with van der Waals surface area (Å²) in [5.74, 6) is -0.172. The number of nitrogens with one attached hydrogen (secondary N) is 1. The maximum atomic E-state index is 13.3. The van der Waals surface area contributed by atoms with Crippen molar-refractivity contribution in [2.75, 3.05) is 38.0 Å². The van der Waals surface area contributed by atoms with E-state index >= 15 is 0 Å². The van der Waals surface area contributed by atoms with Gasteiger partial charge in [0, 0.05) is 56.2 Å². The number of alkyl halides is 3. The zero-order valence-electron chi connectivity index (χ0n) is 23.1. The minimum Gasteiger partial charge on any atom is -0.495 e. The Morgan fingerprint density at radius 2 is 1.90 bits per heavy atom. The lowest BCUT2D eigenvalue weighted by molar-refractivity contribution is -0.138. The highest BCUT2D eigenvalue weighted by Gasteiger charge is 2.34. The Balaban J connectivity index is 1.46. The highest BCUT2D eigenvalue weighted by Crippen LogP contribution is 2.34. The number of ether oxygens (including phenoxy) is 1. The van der Waals surface area contributed by atoms with Crippen LogP contribution in [0.2, 0.25) is 0 Å². The van der Waals surface area contributed by atoms with Gasteiger partial charge in [-0.15, -0.1) is 0 Å². The molecule has 1 fully saturated rings. The van der Waals surface area contributed by atoms with Gasteiger partial charge in [-0.1, -0.05) is 24.3 Å². The molecule has 1 aliphatic heterocycles. The van der Waals surface area contributed by atoms with Crippen molar-refractivity contribution in [3.05, 3.63) is 83.2 Å². The number of methoxy groups -OCH3 is 1. The molecule has 2 heterocycles. The number of carbonyl (C=O) groups excluding carboxylic acids is 1. The number of hydrogen-bond acceptors (Lipinski definition) is 7. The number of halogens is 3. The molecule has 0 atom stereocenters. The average molecular weight is 602 g/mol. The first-order valence-corrected chi connectivity index (χ1v) is 14.4. The molecule has 9 nitrogen and oxygen atoms in total. The second-order valence-corrected chi connectivity index (χ2v) is 11.1. The van der Waals surface area contributed by atoms with Crippen LogP contribution in [0, 0.1) is 0 Å². The van der Waals surface area contributed by atoms with Crippen LogP contribution in [0.5, 0.6) is 5.75 Å². The van der Waals surface area contributed by atoms with Gasteiger partial charge in [-0.05, 0) is 49.5 Å². The predicted octanol–water partition coefficient (Wildman–Crippen LogP) is 5.23. The van der Waals surface area contributed by atoms with Crippen molar-refractivity contribution in [1.29, 1.82) is 0 Å². The molecule has 0 bridgehead atoms. The van der Waals surface area contributed by atoms with Crippen molar-refractivity contribution in [3.63, 3.8) is 0 Å². The lowest BCUT2D eigenvalue weighted by Crippen LogP contribution is -2.48. The molecule has 0 saturated carbocycles. The summed E-state index contributed by atoms with van der Waals surface area (Å²) in [4.78, 5) is 24.4. The number of aliphatic imine (C=N–C) groups is 1. The molecular formula is C29H30F3N5O4S. The Kier molecular flexibility index (Phi) is 9.32. The summed E-state index contributed by atoms with van der Waals surface area (Å²) in [6.07, 6.45) is 1.35. The van der Waals surface area contributed by atoms with E-state index in [2.05, 4.69) is 21.4 Å². The Hall–Kier alpha value is -4.23. The van der Waals surface area contributed by atoms with Crippen LogP contribution in [0.25, 0.3) is 6.08 Å². The van der Waals surface area contributed by atoms with E-state index in [0.717, 1.165) is 12.3 Å². The number of allylic oxidation sites excluding steroid dienone is 1.